The zero-order valence-corrected chi connectivity index (χ0v) is 20.6. The lowest BCUT2D eigenvalue weighted by Crippen LogP contribution is -2.67. The van der Waals surface area contributed by atoms with Crippen molar-refractivity contribution in [2.75, 3.05) is 10.6 Å². The number of carbonyl (C=O) groups is 2. The highest BCUT2D eigenvalue weighted by Gasteiger charge is 2.60. The van der Waals surface area contributed by atoms with Crippen molar-refractivity contribution < 1.29 is 14.7 Å². The maximum atomic E-state index is 13.9. The zero-order valence-electron chi connectivity index (χ0n) is 20.6. The van der Waals surface area contributed by atoms with Crippen molar-refractivity contribution in [1.29, 1.82) is 0 Å². The van der Waals surface area contributed by atoms with Gasteiger partial charge in [-0.2, -0.15) is 0 Å². The highest BCUT2D eigenvalue weighted by molar-refractivity contribution is 5.91. The molecular weight excluding hydrogens is 424 g/mol. The first kappa shape index (κ1) is 22.9. The summed E-state index contributed by atoms with van der Waals surface area (Å²) < 4.78 is 0. The Bertz CT molecular complexity index is 1090. The monoisotopic (exact) mass is 460 g/mol. The quantitative estimate of drug-likeness (QED) is 0.592. The van der Waals surface area contributed by atoms with Gasteiger partial charge in [-0.15, -0.1) is 0 Å². The number of piperidine rings is 1. The van der Waals surface area contributed by atoms with E-state index in [4.69, 9.17) is 5.73 Å². The number of phenolic OH excluding ortho intramolecular Hbond substituents is 1. The van der Waals surface area contributed by atoms with Crippen molar-refractivity contribution in [1.82, 2.24) is 0 Å². The molecule has 180 valence electrons. The van der Waals surface area contributed by atoms with Crippen molar-refractivity contribution >= 4 is 22.9 Å². The van der Waals surface area contributed by atoms with Crippen LogP contribution >= 0.6 is 0 Å². The number of benzene rings is 2. The van der Waals surface area contributed by atoms with Crippen LogP contribution in [0.15, 0.2) is 48.5 Å². The average molecular weight is 461 g/mol. The van der Waals surface area contributed by atoms with E-state index in [0.29, 0.717) is 18.5 Å². The molecule has 4 unspecified atom stereocenters. The predicted octanol–water partition coefficient (Wildman–Crippen LogP) is 5.33. The van der Waals surface area contributed by atoms with Crippen molar-refractivity contribution in [3.05, 3.63) is 54.1 Å². The molecule has 3 fully saturated rings. The summed E-state index contributed by atoms with van der Waals surface area (Å²) in [6.45, 7) is 8.63. The summed E-state index contributed by atoms with van der Waals surface area (Å²) in [4.78, 5) is 30.1. The van der Waals surface area contributed by atoms with E-state index in [1.54, 1.807) is 12.1 Å². The van der Waals surface area contributed by atoms with Crippen LogP contribution < -0.4 is 10.6 Å². The number of carbonyl (C=O) groups excluding carboxylic acids is 2. The number of phenols is 1. The lowest BCUT2D eigenvalue weighted by Gasteiger charge is -2.60. The van der Waals surface area contributed by atoms with E-state index in [2.05, 4.69) is 32.6 Å². The number of fused-ring (bicyclic) bond motifs is 2. The maximum Gasteiger partial charge on any atom is 0.139 e. The van der Waals surface area contributed by atoms with Crippen molar-refractivity contribution in [2.45, 2.75) is 71.4 Å². The van der Waals surface area contributed by atoms with Gasteiger partial charge in [-0.1, -0.05) is 58.0 Å². The second-order valence-electron chi connectivity index (χ2n) is 12.3. The smallest absolute Gasteiger partial charge is 0.139 e. The summed E-state index contributed by atoms with van der Waals surface area (Å²) in [6, 6.07) is 14.9. The Morgan fingerprint density at radius 2 is 1.29 bits per heavy atom. The minimum Gasteiger partial charge on any atom is -0.508 e. The molecule has 0 amide bonds. The van der Waals surface area contributed by atoms with Crippen LogP contribution in [0.4, 0.5) is 11.4 Å². The summed E-state index contributed by atoms with van der Waals surface area (Å²) >= 11 is 0. The fourth-order valence-corrected chi connectivity index (χ4v) is 7.27. The van der Waals surface area contributed by atoms with Crippen molar-refractivity contribution in [2.24, 2.45) is 22.7 Å². The average Bonchev–Trinajstić information content (AvgIpc) is 2.72. The Balaban J connectivity index is 1.76. The number of rotatable bonds is 2. The molecule has 2 aliphatic carbocycles. The normalized spacial score (nSPS) is 32.1. The van der Waals surface area contributed by atoms with E-state index in [1.807, 2.05) is 36.4 Å². The fourth-order valence-electron chi connectivity index (χ4n) is 7.27. The summed E-state index contributed by atoms with van der Waals surface area (Å²) in [7, 11) is 0. The van der Waals surface area contributed by atoms with Gasteiger partial charge in [0, 0.05) is 42.7 Å². The first-order valence-corrected chi connectivity index (χ1v) is 12.5. The Hall–Kier alpha value is -2.82. The van der Waals surface area contributed by atoms with Gasteiger partial charge in [0.2, 0.25) is 0 Å². The summed E-state index contributed by atoms with van der Waals surface area (Å²) in [6.07, 6.45) is 2.63. The van der Waals surface area contributed by atoms with E-state index in [1.165, 1.54) is 0 Å². The molecular formula is C29H36N2O3. The number of hydrogen-bond acceptors (Lipinski definition) is 5. The van der Waals surface area contributed by atoms with E-state index in [9.17, 15) is 14.7 Å². The number of ketones is 2. The van der Waals surface area contributed by atoms with E-state index < -0.39 is 0 Å². The number of nitrogen functional groups attached to an aromatic ring is 1. The van der Waals surface area contributed by atoms with Crippen LogP contribution in [-0.2, 0) is 9.59 Å². The number of para-hydroxylation sites is 3. The molecule has 2 aromatic carbocycles. The van der Waals surface area contributed by atoms with Gasteiger partial charge >= 0.3 is 0 Å². The Morgan fingerprint density at radius 1 is 0.794 bits per heavy atom. The number of hydrogen-bond donors (Lipinski definition) is 2. The highest BCUT2D eigenvalue weighted by Crippen LogP contribution is 2.58. The van der Waals surface area contributed by atoms with Gasteiger partial charge in [-0.3, -0.25) is 9.59 Å². The van der Waals surface area contributed by atoms with Crippen molar-refractivity contribution in [3.8, 4) is 5.75 Å². The third-order valence-corrected chi connectivity index (χ3v) is 8.40. The molecule has 1 saturated heterocycles. The molecule has 2 aromatic rings. The molecule has 5 nitrogen and oxygen atoms in total. The van der Waals surface area contributed by atoms with Crippen molar-refractivity contribution in [3.63, 3.8) is 0 Å². The van der Waals surface area contributed by atoms with Crippen LogP contribution in [0.25, 0.3) is 0 Å². The van der Waals surface area contributed by atoms with Crippen LogP contribution in [0.5, 0.6) is 5.75 Å². The molecule has 0 aromatic heterocycles. The van der Waals surface area contributed by atoms with Crippen LogP contribution in [0.2, 0.25) is 0 Å². The minimum absolute atomic E-state index is 0.0893. The number of anilines is 2. The zero-order chi connectivity index (χ0) is 24.4. The summed E-state index contributed by atoms with van der Waals surface area (Å²) in [5.41, 5.74) is 8.54. The van der Waals surface area contributed by atoms with Gasteiger partial charge in [-0.25, -0.2) is 0 Å². The summed E-state index contributed by atoms with van der Waals surface area (Å²) in [5, 5.41) is 10.9. The maximum absolute atomic E-state index is 13.9. The Kier molecular flexibility index (Phi) is 5.30. The molecule has 5 heteroatoms. The van der Waals surface area contributed by atoms with Gasteiger partial charge in [0.1, 0.15) is 17.3 Å². The second-order valence-corrected chi connectivity index (χ2v) is 12.3. The standard InChI is InChI=1S/C29H36N2O3/c1-28(2)13-20-26(23(33)15-28)25(17-9-5-8-12-22(17)32)27-21(14-29(3,4)16-24(27)34)31(20)19-11-7-6-10-18(19)30/h5-12,20-21,25-27,32H,13-16,30H2,1-4H3. The van der Waals surface area contributed by atoms with E-state index in [0.717, 1.165) is 24.1 Å². The topological polar surface area (TPSA) is 83.6 Å². The number of nitrogens with zero attached hydrogens (tertiary/aromatic N) is 1. The van der Waals surface area contributed by atoms with Crippen LogP contribution in [-0.4, -0.2) is 28.8 Å². The number of Topliss-reactive ketones (excluding diaryl/α,β-unsaturated/α-hetero) is 2. The first-order valence-electron chi connectivity index (χ1n) is 12.5. The highest BCUT2D eigenvalue weighted by atomic mass is 16.3. The molecule has 34 heavy (non-hydrogen) atoms. The summed E-state index contributed by atoms with van der Waals surface area (Å²) in [5.74, 6) is -0.521. The van der Waals surface area contributed by atoms with Gasteiger partial charge in [0.25, 0.3) is 0 Å². The number of nitrogens with two attached hydrogens (primary N) is 1. The van der Waals surface area contributed by atoms with E-state index >= 15 is 0 Å². The molecule has 3 aliphatic rings. The van der Waals surface area contributed by atoms with Crippen LogP contribution in [0, 0.1) is 22.7 Å². The largest absolute Gasteiger partial charge is 0.508 e. The molecule has 4 atom stereocenters. The van der Waals surface area contributed by atoms with Crippen LogP contribution in [0.1, 0.15) is 64.9 Å². The minimum atomic E-state index is -0.368. The lowest BCUT2D eigenvalue weighted by atomic mass is 9.53. The molecule has 0 radical (unpaired) electrons. The first-order chi connectivity index (χ1) is 16.0. The second kappa shape index (κ2) is 7.86. The van der Waals surface area contributed by atoms with Gasteiger partial charge < -0.3 is 15.7 Å². The fraction of sp³-hybridized carbons (Fsp3) is 0.517. The Morgan fingerprint density at radius 3 is 1.82 bits per heavy atom. The predicted molar refractivity (Wildman–Crippen MR) is 135 cm³/mol. The third-order valence-electron chi connectivity index (χ3n) is 8.40. The third kappa shape index (κ3) is 3.70. The number of aromatic hydroxyl groups is 1. The van der Waals surface area contributed by atoms with Crippen LogP contribution in [0.3, 0.4) is 0 Å². The molecule has 1 heterocycles. The SMILES string of the molecule is CC1(C)CC(=O)C2C(c3ccccc3O)C3C(=O)CC(C)(C)CC3N(c3ccccc3N)C2C1. The molecule has 1 aliphatic heterocycles. The lowest BCUT2D eigenvalue weighted by molar-refractivity contribution is -0.138. The molecule has 0 bridgehead atoms. The molecule has 3 N–H and O–H groups in total. The van der Waals surface area contributed by atoms with Gasteiger partial charge in [0.15, 0.2) is 0 Å². The molecule has 2 saturated carbocycles. The molecule has 0 spiro atoms. The van der Waals surface area contributed by atoms with E-state index in [-0.39, 0.29) is 58.0 Å². The molecule has 5 rings (SSSR count). The van der Waals surface area contributed by atoms with Gasteiger partial charge in [-0.05, 0) is 47.4 Å². The Labute approximate surface area is 202 Å². The van der Waals surface area contributed by atoms with Gasteiger partial charge in [0.05, 0.1) is 11.4 Å².